The molecule has 2 N–H and O–H groups in total. The topological polar surface area (TPSA) is 61.4 Å². The van der Waals surface area contributed by atoms with Gasteiger partial charge in [0.05, 0.1) is 0 Å². The molecule has 0 spiro atoms. The number of hydrogen-bond donors (Lipinski definition) is 2. The largest absolute Gasteiger partial charge is 0.343 e. The molecule has 2 amide bonds. The van der Waals surface area contributed by atoms with Gasteiger partial charge in [-0.15, -0.1) is 0 Å². The zero-order chi connectivity index (χ0) is 11.5. The van der Waals surface area contributed by atoms with Gasteiger partial charge in [-0.1, -0.05) is 0 Å². The van der Waals surface area contributed by atoms with Crippen LogP contribution in [0, 0.1) is 0 Å². The van der Waals surface area contributed by atoms with E-state index in [0.717, 1.165) is 38.8 Å². The second-order valence-corrected chi connectivity index (χ2v) is 4.50. The predicted octanol–water partition coefficient (Wildman–Crippen LogP) is -0.525. The zero-order valence-electron chi connectivity index (χ0n) is 9.66. The van der Waals surface area contributed by atoms with E-state index in [4.69, 9.17) is 0 Å². The minimum absolute atomic E-state index is 0.0338. The Hall–Kier alpha value is -1.10. The Bertz CT molecular complexity index is 293. The van der Waals surface area contributed by atoms with E-state index in [2.05, 4.69) is 10.6 Å². The lowest BCUT2D eigenvalue weighted by atomic mass is 10.0. The number of nitrogens with one attached hydrogen (secondary N) is 2. The highest BCUT2D eigenvalue weighted by Gasteiger charge is 2.42. The second kappa shape index (κ2) is 4.82. The molecule has 0 aromatic carbocycles. The zero-order valence-corrected chi connectivity index (χ0v) is 9.66. The predicted molar refractivity (Wildman–Crippen MR) is 59.8 cm³/mol. The first-order valence-electron chi connectivity index (χ1n) is 5.99. The summed E-state index contributed by atoms with van der Waals surface area (Å²) in [4.78, 5) is 25.5. The van der Waals surface area contributed by atoms with Gasteiger partial charge in [0.2, 0.25) is 11.8 Å². The molecule has 2 rings (SSSR count). The molecule has 0 aliphatic carbocycles. The van der Waals surface area contributed by atoms with Gasteiger partial charge in [-0.3, -0.25) is 9.59 Å². The van der Waals surface area contributed by atoms with Crippen LogP contribution in [0.4, 0.5) is 0 Å². The third-order valence-corrected chi connectivity index (χ3v) is 3.37. The smallest absolute Gasteiger partial charge is 0.245 e. The molecule has 0 radical (unpaired) electrons. The van der Waals surface area contributed by atoms with E-state index in [0.29, 0.717) is 0 Å². The van der Waals surface area contributed by atoms with Crippen molar-refractivity contribution in [1.82, 2.24) is 15.5 Å². The molecule has 2 saturated heterocycles. The summed E-state index contributed by atoms with van der Waals surface area (Å²) in [5.74, 6) is 0.143. The van der Waals surface area contributed by atoms with Gasteiger partial charge in [-0.25, -0.2) is 0 Å². The van der Waals surface area contributed by atoms with Crippen LogP contribution in [0.3, 0.4) is 0 Å². The van der Waals surface area contributed by atoms with Crippen molar-refractivity contribution in [2.45, 2.75) is 37.8 Å². The Morgan fingerprint density at radius 1 is 1.50 bits per heavy atom. The number of piperazine rings is 1. The first kappa shape index (κ1) is 11.4. The summed E-state index contributed by atoms with van der Waals surface area (Å²) in [6.45, 7) is 1.63. The van der Waals surface area contributed by atoms with Gasteiger partial charge in [0.25, 0.3) is 0 Å². The molecule has 0 aromatic heterocycles. The van der Waals surface area contributed by atoms with Crippen LogP contribution >= 0.6 is 0 Å². The molecule has 2 atom stereocenters. The SMILES string of the molecule is CNCCC[C@@H]1NC(=O)[C@@H]2CCCN2C1=O. The van der Waals surface area contributed by atoms with Crippen molar-refractivity contribution in [1.29, 1.82) is 0 Å². The minimum atomic E-state index is -0.296. The lowest BCUT2D eigenvalue weighted by Crippen LogP contribution is -2.61. The molecule has 90 valence electrons. The van der Waals surface area contributed by atoms with Crippen LogP contribution < -0.4 is 10.6 Å². The van der Waals surface area contributed by atoms with E-state index >= 15 is 0 Å². The Kier molecular flexibility index (Phi) is 3.43. The van der Waals surface area contributed by atoms with Crippen molar-refractivity contribution in [3.8, 4) is 0 Å². The second-order valence-electron chi connectivity index (χ2n) is 4.50. The fraction of sp³-hybridized carbons (Fsp3) is 0.818. The normalized spacial score (nSPS) is 29.2. The molecule has 0 aromatic rings. The molecule has 5 nitrogen and oxygen atoms in total. The molecular formula is C11H19N3O2. The molecule has 2 aliphatic heterocycles. The lowest BCUT2D eigenvalue weighted by molar-refractivity contribution is -0.147. The molecule has 2 fully saturated rings. The summed E-state index contributed by atoms with van der Waals surface area (Å²) >= 11 is 0. The minimum Gasteiger partial charge on any atom is -0.343 e. The maximum absolute atomic E-state index is 12.0. The number of carbonyl (C=O) groups excluding carboxylic acids is 2. The van der Waals surface area contributed by atoms with Gasteiger partial charge in [0.15, 0.2) is 0 Å². The van der Waals surface area contributed by atoms with E-state index < -0.39 is 0 Å². The van der Waals surface area contributed by atoms with Gasteiger partial charge in [-0.2, -0.15) is 0 Å². The monoisotopic (exact) mass is 225 g/mol. The van der Waals surface area contributed by atoms with Gasteiger partial charge < -0.3 is 15.5 Å². The number of carbonyl (C=O) groups is 2. The highest BCUT2D eigenvalue weighted by atomic mass is 16.2. The van der Waals surface area contributed by atoms with Crippen molar-refractivity contribution >= 4 is 11.8 Å². The van der Waals surface area contributed by atoms with Crippen LogP contribution in [0.25, 0.3) is 0 Å². The Balaban J connectivity index is 1.94. The van der Waals surface area contributed by atoms with Crippen LogP contribution in [0.2, 0.25) is 0 Å². The Morgan fingerprint density at radius 3 is 3.06 bits per heavy atom. The first-order valence-corrected chi connectivity index (χ1v) is 5.99. The van der Waals surface area contributed by atoms with Crippen LogP contribution in [0.15, 0.2) is 0 Å². The van der Waals surface area contributed by atoms with Gasteiger partial charge in [-0.05, 0) is 39.3 Å². The van der Waals surface area contributed by atoms with E-state index in [-0.39, 0.29) is 23.9 Å². The fourth-order valence-corrected chi connectivity index (χ4v) is 2.51. The molecular weight excluding hydrogens is 206 g/mol. The van der Waals surface area contributed by atoms with Gasteiger partial charge in [0, 0.05) is 6.54 Å². The van der Waals surface area contributed by atoms with E-state index in [1.54, 1.807) is 4.90 Å². The Labute approximate surface area is 95.6 Å². The number of amides is 2. The summed E-state index contributed by atoms with van der Waals surface area (Å²) in [6.07, 6.45) is 3.41. The molecule has 2 aliphatic rings. The van der Waals surface area contributed by atoms with Crippen molar-refractivity contribution in [3.63, 3.8) is 0 Å². The van der Waals surface area contributed by atoms with Crippen LogP contribution in [-0.4, -0.2) is 48.9 Å². The standard InChI is InChI=1S/C11H19N3O2/c1-12-6-2-4-8-11(16)14-7-3-5-9(14)10(15)13-8/h8-9,12H,2-7H2,1H3,(H,13,15)/t8-,9-/m0/s1. The van der Waals surface area contributed by atoms with Crippen molar-refractivity contribution in [3.05, 3.63) is 0 Å². The molecule has 0 unspecified atom stereocenters. The number of fused-ring (bicyclic) bond motifs is 1. The average Bonchev–Trinajstić information content (AvgIpc) is 2.75. The lowest BCUT2D eigenvalue weighted by Gasteiger charge is -2.34. The van der Waals surface area contributed by atoms with Crippen molar-refractivity contribution in [2.75, 3.05) is 20.1 Å². The first-order chi connectivity index (χ1) is 7.74. The third kappa shape index (κ3) is 2.04. The summed E-state index contributed by atoms with van der Waals surface area (Å²) in [6, 6.07) is -0.483. The fourth-order valence-electron chi connectivity index (χ4n) is 2.51. The maximum atomic E-state index is 12.0. The van der Waals surface area contributed by atoms with Crippen molar-refractivity contribution < 1.29 is 9.59 Å². The van der Waals surface area contributed by atoms with Gasteiger partial charge in [0.1, 0.15) is 12.1 Å². The molecule has 0 saturated carbocycles. The molecule has 16 heavy (non-hydrogen) atoms. The summed E-state index contributed by atoms with van der Waals surface area (Å²) in [5, 5.41) is 5.88. The highest BCUT2D eigenvalue weighted by molar-refractivity contribution is 5.97. The summed E-state index contributed by atoms with van der Waals surface area (Å²) in [5.41, 5.74) is 0. The molecule has 0 bridgehead atoms. The summed E-state index contributed by atoms with van der Waals surface area (Å²) < 4.78 is 0. The average molecular weight is 225 g/mol. The van der Waals surface area contributed by atoms with Crippen LogP contribution in [0.5, 0.6) is 0 Å². The number of hydrogen-bond acceptors (Lipinski definition) is 3. The van der Waals surface area contributed by atoms with E-state index in [1.807, 2.05) is 7.05 Å². The number of nitrogens with zero attached hydrogens (tertiary/aromatic N) is 1. The number of rotatable bonds is 4. The Morgan fingerprint density at radius 2 is 2.31 bits per heavy atom. The van der Waals surface area contributed by atoms with Crippen LogP contribution in [0.1, 0.15) is 25.7 Å². The maximum Gasteiger partial charge on any atom is 0.245 e. The molecule has 5 heteroatoms. The summed E-state index contributed by atoms with van der Waals surface area (Å²) in [7, 11) is 1.89. The van der Waals surface area contributed by atoms with E-state index in [9.17, 15) is 9.59 Å². The van der Waals surface area contributed by atoms with Crippen molar-refractivity contribution in [2.24, 2.45) is 0 Å². The highest BCUT2D eigenvalue weighted by Crippen LogP contribution is 2.23. The molecule has 2 heterocycles. The third-order valence-electron chi connectivity index (χ3n) is 3.37. The van der Waals surface area contributed by atoms with Gasteiger partial charge >= 0.3 is 0 Å². The quantitative estimate of drug-likeness (QED) is 0.633. The van der Waals surface area contributed by atoms with Crippen LogP contribution in [-0.2, 0) is 9.59 Å². The van der Waals surface area contributed by atoms with E-state index in [1.165, 1.54) is 0 Å².